The molecule has 3 aromatic rings. The molecule has 0 saturated carbocycles. The van der Waals surface area contributed by atoms with Crippen molar-refractivity contribution in [1.29, 1.82) is 0 Å². The van der Waals surface area contributed by atoms with E-state index < -0.39 is 0 Å². The zero-order valence-corrected chi connectivity index (χ0v) is 14.5. The number of amides is 1. The Kier molecular flexibility index (Phi) is 5.23. The van der Waals surface area contributed by atoms with Crippen molar-refractivity contribution in [1.82, 2.24) is 20.1 Å². The highest BCUT2D eigenvalue weighted by molar-refractivity contribution is 5.94. The molecule has 5 nitrogen and oxygen atoms in total. The van der Waals surface area contributed by atoms with Gasteiger partial charge in [0.15, 0.2) is 0 Å². The number of rotatable bonds is 6. The second-order valence-electron chi connectivity index (χ2n) is 6.40. The zero-order valence-electron chi connectivity index (χ0n) is 14.5. The van der Waals surface area contributed by atoms with E-state index in [4.69, 9.17) is 0 Å². The molecule has 5 heteroatoms. The number of carbonyl (C=O) groups is 1. The lowest BCUT2D eigenvalue weighted by molar-refractivity contribution is 0.0925. The first kappa shape index (κ1) is 16.9. The van der Waals surface area contributed by atoms with Gasteiger partial charge in [0.05, 0.1) is 12.6 Å². The third-order valence-corrected chi connectivity index (χ3v) is 4.14. The molecule has 0 bridgehead atoms. The fourth-order valence-electron chi connectivity index (χ4n) is 2.78. The molecule has 0 aliphatic heterocycles. The van der Waals surface area contributed by atoms with Crippen molar-refractivity contribution in [3.8, 4) is 0 Å². The summed E-state index contributed by atoms with van der Waals surface area (Å²) in [4.78, 5) is 16.6. The third-order valence-electron chi connectivity index (χ3n) is 4.14. The minimum absolute atomic E-state index is 0.0106. The molecule has 25 heavy (non-hydrogen) atoms. The van der Waals surface area contributed by atoms with Gasteiger partial charge in [-0.1, -0.05) is 56.3 Å². The molecular formula is C20H22N4O. The summed E-state index contributed by atoms with van der Waals surface area (Å²) in [6, 6.07) is 17.7. The Hall–Kier alpha value is -2.95. The van der Waals surface area contributed by atoms with E-state index in [1.165, 1.54) is 6.33 Å². The van der Waals surface area contributed by atoms with Gasteiger partial charge >= 0.3 is 0 Å². The van der Waals surface area contributed by atoms with Crippen LogP contribution in [0.15, 0.2) is 67.3 Å². The molecule has 0 saturated heterocycles. The molecule has 0 spiro atoms. The fourth-order valence-corrected chi connectivity index (χ4v) is 2.78. The third kappa shape index (κ3) is 4.32. The molecular weight excluding hydrogens is 312 g/mol. The normalized spacial score (nSPS) is 12.1. The molecule has 1 amide bonds. The van der Waals surface area contributed by atoms with E-state index in [0.717, 1.165) is 11.1 Å². The zero-order chi connectivity index (χ0) is 17.6. The van der Waals surface area contributed by atoms with E-state index in [1.807, 2.05) is 54.6 Å². The molecule has 1 heterocycles. The molecule has 1 aromatic heterocycles. The summed E-state index contributed by atoms with van der Waals surface area (Å²) >= 11 is 0. The topological polar surface area (TPSA) is 59.8 Å². The van der Waals surface area contributed by atoms with Crippen molar-refractivity contribution >= 4 is 5.91 Å². The Labute approximate surface area is 147 Å². The number of nitrogens with one attached hydrogen (secondary N) is 1. The monoisotopic (exact) mass is 334 g/mol. The lowest BCUT2D eigenvalue weighted by Gasteiger charge is -2.23. The van der Waals surface area contributed by atoms with Crippen LogP contribution in [0.25, 0.3) is 0 Å². The fraction of sp³-hybridized carbons (Fsp3) is 0.250. The lowest BCUT2D eigenvalue weighted by atomic mass is 9.95. The molecule has 0 radical (unpaired) electrons. The highest BCUT2D eigenvalue weighted by Gasteiger charge is 2.18. The first-order valence-electron chi connectivity index (χ1n) is 8.40. The molecule has 1 atom stereocenters. The van der Waals surface area contributed by atoms with Crippen LogP contribution in [0.4, 0.5) is 0 Å². The molecule has 128 valence electrons. The highest BCUT2D eigenvalue weighted by Crippen LogP contribution is 2.22. The summed E-state index contributed by atoms with van der Waals surface area (Å²) in [7, 11) is 0. The Balaban J connectivity index is 1.69. The highest BCUT2D eigenvalue weighted by atomic mass is 16.1. The van der Waals surface area contributed by atoms with Crippen molar-refractivity contribution in [2.45, 2.75) is 26.4 Å². The van der Waals surface area contributed by atoms with Gasteiger partial charge in [-0.05, 0) is 29.2 Å². The molecule has 3 rings (SSSR count). The van der Waals surface area contributed by atoms with E-state index in [-0.39, 0.29) is 11.9 Å². The Morgan fingerprint density at radius 3 is 2.40 bits per heavy atom. The summed E-state index contributed by atoms with van der Waals surface area (Å²) in [5.41, 5.74) is 2.85. The number of nitrogens with zero attached hydrogens (tertiary/aromatic N) is 3. The summed E-state index contributed by atoms with van der Waals surface area (Å²) in [5.74, 6) is 0.243. The van der Waals surface area contributed by atoms with E-state index >= 15 is 0 Å². The number of benzene rings is 2. The van der Waals surface area contributed by atoms with Gasteiger partial charge in [0.2, 0.25) is 0 Å². The largest absolute Gasteiger partial charge is 0.345 e. The molecule has 0 fully saturated rings. The maximum atomic E-state index is 12.6. The maximum absolute atomic E-state index is 12.6. The first-order chi connectivity index (χ1) is 12.1. The van der Waals surface area contributed by atoms with Crippen LogP contribution in [0.5, 0.6) is 0 Å². The van der Waals surface area contributed by atoms with E-state index in [2.05, 4.69) is 29.2 Å². The first-order valence-corrected chi connectivity index (χ1v) is 8.40. The van der Waals surface area contributed by atoms with Crippen LogP contribution in [0.2, 0.25) is 0 Å². The summed E-state index contributed by atoms with van der Waals surface area (Å²) in [5, 5.41) is 7.24. The van der Waals surface area contributed by atoms with E-state index in [0.29, 0.717) is 18.0 Å². The van der Waals surface area contributed by atoms with Crippen molar-refractivity contribution in [3.63, 3.8) is 0 Å². The van der Waals surface area contributed by atoms with Gasteiger partial charge in [-0.15, -0.1) is 0 Å². The Morgan fingerprint density at radius 1 is 1.08 bits per heavy atom. The molecule has 1 N–H and O–H groups in total. The quantitative estimate of drug-likeness (QED) is 0.751. The average Bonchev–Trinajstić information content (AvgIpc) is 3.13. The lowest BCUT2D eigenvalue weighted by Crippen LogP contribution is -2.31. The van der Waals surface area contributed by atoms with Gasteiger partial charge < -0.3 is 5.32 Å². The van der Waals surface area contributed by atoms with Crippen molar-refractivity contribution in [2.75, 3.05) is 0 Å². The van der Waals surface area contributed by atoms with Crippen molar-refractivity contribution < 1.29 is 4.79 Å². The minimum Gasteiger partial charge on any atom is -0.345 e. The molecule has 0 aliphatic rings. The summed E-state index contributed by atoms with van der Waals surface area (Å²) in [6.45, 7) is 4.86. The molecule has 2 aromatic carbocycles. The van der Waals surface area contributed by atoms with Crippen LogP contribution in [0.1, 0.15) is 41.4 Å². The number of carbonyl (C=O) groups excluding carboxylic acids is 1. The van der Waals surface area contributed by atoms with Crippen LogP contribution < -0.4 is 5.32 Å². The van der Waals surface area contributed by atoms with Gasteiger partial charge in [0.25, 0.3) is 5.91 Å². The Bertz CT molecular complexity index is 795. The molecule has 0 aliphatic carbocycles. The predicted molar refractivity (Wildman–Crippen MR) is 97.1 cm³/mol. The maximum Gasteiger partial charge on any atom is 0.251 e. The van der Waals surface area contributed by atoms with E-state index in [1.54, 1.807) is 11.0 Å². The van der Waals surface area contributed by atoms with Crippen LogP contribution in [-0.2, 0) is 6.54 Å². The second kappa shape index (κ2) is 7.75. The Morgan fingerprint density at radius 2 is 1.80 bits per heavy atom. The predicted octanol–water partition coefficient (Wildman–Crippen LogP) is 3.45. The van der Waals surface area contributed by atoms with Crippen molar-refractivity contribution in [3.05, 3.63) is 83.9 Å². The van der Waals surface area contributed by atoms with Gasteiger partial charge in [0, 0.05) is 5.56 Å². The van der Waals surface area contributed by atoms with Gasteiger partial charge in [-0.25, -0.2) is 9.67 Å². The summed E-state index contributed by atoms with van der Waals surface area (Å²) < 4.78 is 1.75. The van der Waals surface area contributed by atoms with Crippen LogP contribution in [0.3, 0.4) is 0 Å². The van der Waals surface area contributed by atoms with Crippen LogP contribution in [-0.4, -0.2) is 20.7 Å². The van der Waals surface area contributed by atoms with Crippen LogP contribution >= 0.6 is 0 Å². The molecule has 1 unspecified atom stereocenters. The SMILES string of the molecule is CC(C)C(NC(=O)c1ccc(Cn2cncn2)cc1)c1ccccc1. The average molecular weight is 334 g/mol. The number of aromatic nitrogens is 3. The standard InChI is InChI=1S/C20H22N4O/c1-15(2)19(17-6-4-3-5-7-17)23-20(25)18-10-8-16(9-11-18)12-24-14-21-13-22-24/h3-11,13-15,19H,12H2,1-2H3,(H,23,25). The van der Waals surface area contributed by atoms with Gasteiger partial charge in [-0.3, -0.25) is 4.79 Å². The van der Waals surface area contributed by atoms with E-state index in [9.17, 15) is 4.79 Å². The van der Waals surface area contributed by atoms with Crippen LogP contribution in [0, 0.1) is 5.92 Å². The number of hydrogen-bond acceptors (Lipinski definition) is 3. The van der Waals surface area contributed by atoms with Gasteiger partial charge in [-0.2, -0.15) is 5.10 Å². The smallest absolute Gasteiger partial charge is 0.251 e. The second-order valence-corrected chi connectivity index (χ2v) is 6.40. The van der Waals surface area contributed by atoms with Crippen molar-refractivity contribution in [2.24, 2.45) is 5.92 Å². The minimum atomic E-state index is -0.0603. The summed E-state index contributed by atoms with van der Waals surface area (Å²) in [6.07, 6.45) is 3.19. The van der Waals surface area contributed by atoms with Gasteiger partial charge in [0.1, 0.15) is 12.7 Å². The number of hydrogen-bond donors (Lipinski definition) is 1.